The van der Waals surface area contributed by atoms with Gasteiger partial charge in [-0.25, -0.2) is 25.5 Å². The Morgan fingerprint density at radius 2 is 1.58 bits per heavy atom. The van der Waals surface area contributed by atoms with Crippen molar-refractivity contribution in [3.63, 3.8) is 0 Å². The third kappa shape index (κ3) is 4.95. The quantitative estimate of drug-likeness (QED) is 0.698. The molecule has 0 bridgehead atoms. The molecule has 0 spiro atoms. The summed E-state index contributed by atoms with van der Waals surface area (Å²) in [5, 5.41) is 2.68. The molecule has 31 heavy (non-hydrogen) atoms. The third-order valence-electron chi connectivity index (χ3n) is 5.18. The van der Waals surface area contributed by atoms with Gasteiger partial charge in [-0.2, -0.15) is 4.31 Å². The molecule has 11 heteroatoms. The highest BCUT2D eigenvalue weighted by Crippen LogP contribution is 2.27. The molecule has 8 nitrogen and oxygen atoms in total. The molecule has 0 unspecified atom stereocenters. The van der Waals surface area contributed by atoms with E-state index in [1.165, 1.54) is 42.7 Å². The molecule has 1 N–H and O–H groups in total. The lowest BCUT2D eigenvalue weighted by Gasteiger charge is -2.30. The molecule has 1 heterocycles. The fourth-order valence-electron chi connectivity index (χ4n) is 3.34. The number of rotatable bonds is 6. The van der Waals surface area contributed by atoms with E-state index < -0.39 is 31.8 Å². The average molecular weight is 470 g/mol. The number of nitrogens with one attached hydrogen (secondary N) is 1. The summed E-state index contributed by atoms with van der Waals surface area (Å²) in [7, 11) is -4.70. The minimum Gasteiger partial charge on any atom is -0.325 e. The van der Waals surface area contributed by atoms with Crippen molar-refractivity contribution in [3.05, 3.63) is 54.3 Å². The van der Waals surface area contributed by atoms with Gasteiger partial charge in [-0.3, -0.25) is 4.79 Å². The first-order chi connectivity index (χ1) is 14.5. The van der Waals surface area contributed by atoms with Gasteiger partial charge in [0, 0.05) is 33.1 Å². The Balaban J connectivity index is 1.69. The van der Waals surface area contributed by atoms with E-state index in [1.807, 2.05) is 0 Å². The van der Waals surface area contributed by atoms with Gasteiger partial charge in [-0.1, -0.05) is 12.1 Å². The van der Waals surface area contributed by atoms with Gasteiger partial charge in [-0.05, 0) is 49.2 Å². The maximum Gasteiger partial charge on any atom is 0.244 e. The van der Waals surface area contributed by atoms with Gasteiger partial charge < -0.3 is 5.32 Å². The molecule has 1 aliphatic heterocycles. The van der Waals surface area contributed by atoms with Crippen LogP contribution in [0.25, 0.3) is 0 Å². The Bertz CT molecular complexity index is 1160. The van der Waals surface area contributed by atoms with Crippen LogP contribution in [0.5, 0.6) is 0 Å². The molecule has 1 aliphatic rings. The van der Waals surface area contributed by atoms with E-state index in [4.69, 9.17) is 0 Å². The van der Waals surface area contributed by atoms with Gasteiger partial charge in [-0.15, -0.1) is 0 Å². The molecule has 168 valence electrons. The van der Waals surface area contributed by atoms with Crippen molar-refractivity contribution in [1.82, 2.24) is 8.61 Å². The predicted octanol–water partition coefficient (Wildman–Crippen LogP) is 2.12. The lowest BCUT2D eigenvalue weighted by atomic mass is 9.97. The summed E-state index contributed by atoms with van der Waals surface area (Å²) in [5.74, 6) is -1.35. The summed E-state index contributed by atoms with van der Waals surface area (Å²) in [4.78, 5) is 12.7. The first kappa shape index (κ1) is 23.3. The van der Waals surface area contributed by atoms with Crippen molar-refractivity contribution in [1.29, 1.82) is 0 Å². The molecule has 2 aromatic rings. The highest BCUT2D eigenvalue weighted by molar-refractivity contribution is 7.89. The molecule has 3 rings (SSSR count). The Morgan fingerprint density at radius 3 is 2.16 bits per heavy atom. The molecule has 0 aliphatic carbocycles. The first-order valence-corrected chi connectivity index (χ1v) is 12.5. The van der Waals surface area contributed by atoms with Crippen LogP contribution < -0.4 is 5.32 Å². The number of carbonyl (C=O) groups is 1. The van der Waals surface area contributed by atoms with E-state index in [9.17, 15) is 26.0 Å². The maximum absolute atomic E-state index is 13.1. The molecular weight excluding hydrogens is 445 g/mol. The fourth-order valence-corrected chi connectivity index (χ4v) is 5.85. The van der Waals surface area contributed by atoms with Crippen molar-refractivity contribution in [2.24, 2.45) is 5.92 Å². The van der Waals surface area contributed by atoms with Crippen LogP contribution in [0, 0.1) is 11.7 Å². The molecule has 1 fully saturated rings. The van der Waals surface area contributed by atoms with Crippen LogP contribution in [0.1, 0.15) is 12.8 Å². The van der Waals surface area contributed by atoms with E-state index in [2.05, 4.69) is 5.32 Å². The van der Waals surface area contributed by atoms with Crippen LogP contribution in [-0.2, 0) is 24.8 Å². The van der Waals surface area contributed by atoms with Crippen molar-refractivity contribution in [2.45, 2.75) is 22.6 Å². The summed E-state index contributed by atoms with van der Waals surface area (Å²) < 4.78 is 65.9. The zero-order chi connectivity index (χ0) is 22.8. The van der Waals surface area contributed by atoms with E-state index in [-0.39, 0.29) is 47.3 Å². The number of amides is 1. The Kier molecular flexibility index (Phi) is 6.79. The zero-order valence-electron chi connectivity index (χ0n) is 17.2. The molecule has 0 atom stereocenters. The second-order valence-electron chi connectivity index (χ2n) is 7.41. The molecular formula is C20H24FN3O5S2. The number of para-hydroxylation sites is 1. The number of carbonyl (C=O) groups excluding carboxylic acids is 1. The molecule has 0 saturated carbocycles. The smallest absolute Gasteiger partial charge is 0.244 e. The second-order valence-corrected chi connectivity index (χ2v) is 11.5. The minimum absolute atomic E-state index is 0.000351. The van der Waals surface area contributed by atoms with E-state index >= 15 is 0 Å². The maximum atomic E-state index is 13.1. The second kappa shape index (κ2) is 9.03. The van der Waals surface area contributed by atoms with Crippen LogP contribution in [0.2, 0.25) is 0 Å². The summed E-state index contributed by atoms with van der Waals surface area (Å²) in [5.41, 5.74) is 0.183. The molecule has 1 amide bonds. The summed E-state index contributed by atoms with van der Waals surface area (Å²) in [6.45, 7) is 0.269. The van der Waals surface area contributed by atoms with Gasteiger partial charge in [0.25, 0.3) is 0 Å². The Morgan fingerprint density at radius 1 is 1.00 bits per heavy atom. The largest absolute Gasteiger partial charge is 0.325 e. The number of hydrogen-bond donors (Lipinski definition) is 1. The van der Waals surface area contributed by atoms with Crippen molar-refractivity contribution < 1.29 is 26.0 Å². The van der Waals surface area contributed by atoms with E-state index in [0.29, 0.717) is 0 Å². The minimum atomic E-state index is -3.77. The topological polar surface area (TPSA) is 104 Å². The monoisotopic (exact) mass is 469 g/mol. The van der Waals surface area contributed by atoms with E-state index in [1.54, 1.807) is 12.1 Å². The summed E-state index contributed by atoms with van der Waals surface area (Å²) >= 11 is 0. The van der Waals surface area contributed by atoms with Crippen LogP contribution in [0.3, 0.4) is 0 Å². The predicted molar refractivity (Wildman–Crippen MR) is 114 cm³/mol. The highest BCUT2D eigenvalue weighted by atomic mass is 32.2. The standard InChI is InChI=1S/C20H24FN3O5S2/c1-23(2)31(28,29)19-6-4-3-5-18(19)22-20(25)15-11-13-24(14-12-15)30(26,27)17-9-7-16(21)8-10-17/h3-10,15H,11-14H2,1-2H3,(H,22,25). The van der Waals surface area contributed by atoms with Crippen LogP contribution in [0.15, 0.2) is 58.3 Å². The lowest BCUT2D eigenvalue weighted by Crippen LogP contribution is -2.41. The first-order valence-electron chi connectivity index (χ1n) is 9.61. The molecule has 0 radical (unpaired) electrons. The Hall–Kier alpha value is -2.34. The number of sulfonamides is 2. The van der Waals surface area contributed by atoms with Gasteiger partial charge in [0.1, 0.15) is 10.7 Å². The van der Waals surface area contributed by atoms with Gasteiger partial charge in [0.2, 0.25) is 26.0 Å². The third-order valence-corrected chi connectivity index (χ3v) is 8.97. The number of piperidine rings is 1. The number of halogens is 1. The van der Waals surface area contributed by atoms with Crippen molar-refractivity contribution >= 4 is 31.6 Å². The molecule has 2 aromatic carbocycles. The van der Waals surface area contributed by atoms with Gasteiger partial charge >= 0.3 is 0 Å². The molecule has 0 aromatic heterocycles. The number of anilines is 1. The van der Waals surface area contributed by atoms with Gasteiger partial charge in [0.15, 0.2) is 0 Å². The Labute approximate surface area is 181 Å². The summed E-state index contributed by atoms with van der Waals surface area (Å²) in [6, 6.07) is 10.7. The fraction of sp³-hybridized carbons (Fsp3) is 0.350. The molecule has 1 saturated heterocycles. The number of benzene rings is 2. The average Bonchev–Trinajstić information content (AvgIpc) is 2.74. The number of nitrogens with zero attached hydrogens (tertiary/aromatic N) is 2. The van der Waals surface area contributed by atoms with Crippen LogP contribution in [0.4, 0.5) is 10.1 Å². The van der Waals surface area contributed by atoms with Gasteiger partial charge in [0.05, 0.1) is 10.6 Å². The zero-order valence-corrected chi connectivity index (χ0v) is 18.8. The number of hydrogen-bond acceptors (Lipinski definition) is 5. The van der Waals surface area contributed by atoms with Crippen LogP contribution in [-0.4, -0.2) is 58.5 Å². The van der Waals surface area contributed by atoms with E-state index in [0.717, 1.165) is 16.4 Å². The SMILES string of the molecule is CN(C)S(=O)(=O)c1ccccc1NC(=O)C1CCN(S(=O)(=O)c2ccc(F)cc2)CC1. The van der Waals surface area contributed by atoms with Crippen molar-refractivity contribution in [2.75, 3.05) is 32.5 Å². The van der Waals surface area contributed by atoms with Crippen molar-refractivity contribution in [3.8, 4) is 0 Å². The van der Waals surface area contributed by atoms with Crippen LogP contribution >= 0.6 is 0 Å². The summed E-state index contributed by atoms with van der Waals surface area (Å²) in [6.07, 6.45) is 0.573. The highest BCUT2D eigenvalue weighted by Gasteiger charge is 2.33. The lowest BCUT2D eigenvalue weighted by molar-refractivity contribution is -0.120. The normalized spacial score (nSPS) is 16.4.